The quantitative estimate of drug-likeness (QED) is 0.802. The predicted molar refractivity (Wildman–Crippen MR) is 89.6 cm³/mol. The van der Waals surface area contributed by atoms with Crippen molar-refractivity contribution in [1.82, 2.24) is 4.90 Å². The first kappa shape index (κ1) is 14.8. The van der Waals surface area contributed by atoms with Crippen LogP contribution < -0.4 is 0 Å². The van der Waals surface area contributed by atoms with Crippen LogP contribution >= 0.6 is 0 Å². The molecule has 5 nitrogen and oxygen atoms in total. The van der Waals surface area contributed by atoms with Gasteiger partial charge in [0.15, 0.2) is 17.6 Å². The van der Waals surface area contributed by atoms with E-state index in [9.17, 15) is 15.0 Å². The molecule has 3 unspecified atom stereocenters. The van der Waals surface area contributed by atoms with Gasteiger partial charge in [-0.1, -0.05) is 6.08 Å². The van der Waals surface area contributed by atoms with E-state index in [-0.39, 0.29) is 35.5 Å². The van der Waals surface area contributed by atoms with Crippen molar-refractivity contribution in [1.29, 1.82) is 0 Å². The summed E-state index contributed by atoms with van der Waals surface area (Å²) in [6, 6.07) is 0.281. The molecule has 5 heteroatoms. The SMILES string of the molecule is C[C@@]1(O)[C@H]2CC3C=CC(O)=C4O[C@H]5C(=O)CC(C[C@]51C43)N2CC1CC1. The van der Waals surface area contributed by atoms with Crippen LogP contribution in [-0.2, 0) is 9.53 Å². The average Bonchev–Trinajstić information content (AvgIpc) is 3.29. The molecule has 25 heavy (non-hydrogen) atoms. The van der Waals surface area contributed by atoms with E-state index < -0.39 is 17.1 Å². The summed E-state index contributed by atoms with van der Waals surface area (Å²) >= 11 is 0. The fourth-order valence-electron chi connectivity index (χ4n) is 6.92. The zero-order chi connectivity index (χ0) is 17.1. The maximum Gasteiger partial charge on any atom is 0.175 e. The number of nitrogens with zero attached hydrogens (tertiary/aromatic N) is 1. The van der Waals surface area contributed by atoms with Crippen molar-refractivity contribution < 1.29 is 19.7 Å². The third-order valence-electron chi connectivity index (χ3n) is 8.16. The van der Waals surface area contributed by atoms with E-state index in [1.165, 1.54) is 12.8 Å². The number of fused-ring (bicyclic) bond motifs is 2. The van der Waals surface area contributed by atoms with Gasteiger partial charge in [0, 0.05) is 31.0 Å². The number of hydrogen-bond acceptors (Lipinski definition) is 5. The van der Waals surface area contributed by atoms with Crippen LogP contribution in [-0.4, -0.2) is 51.2 Å². The molecule has 2 saturated heterocycles. The monoisotopic (exact) mass is 343 g/mol. The van der Waals surface area contributed by atoms with Gasteiger partial charge in [0.25, 0.3) is 0 Å². The summed E-state index contributed by atoms with van der Waals surface area (Å²) in [4.78, 5) is 15.5. The molecule has 6 aliphatic rings. The fraction of sp³-hybridized carbons (Fsp3) is 0.750. The van der Waals surface area contributed by atoms with Gasteiger partial charge in [0.1, 0.15) is 5.76 Å². The maximum atomic E-state index is 13.0. The number of aliphatic hydroxyl groups is 2. The second kappa shape index (κ2) is 4.32. The van der Waals surface area contributed by atoms with Gasteiger partial charge >= 0.3 is 0 Å². The number of hydrogen-bond donors (Lipinski definition) is 2. The summed E-state index contributed by atoms with van der Waals surface area (Å²) in [5.41, 5.74) is -1.57. The second-order valence-electron chi connectivity index (χ2n) is 9.36. The summed E-state index contributed by atoms with van der Waals surface area (Å²) < 4.78 is 6.08. The van der Waals surface area contributed by atoms with Gasteiger partial charge in [-0.2, -0.15) is 0 Å². The van der Waals surface area contributed by atoms with Crippen LogP contribution in [0.3, 0.4) is 0 Å². The number of likely N-dealkylation sites (tertiary alicyclic amines) is 1. The minimum Gasteiger partial charge on any atom is -0.504 e. The number of Topliss-reactive ketones (excluding diaryl/α,β-unsaturated/α-hetero) is 1. The Kier molecular flexibility index (Phi) is 2.55. The molecular formula is C20H25NO4. The fourth-order valence-corrected chi connectivity index (χ4v) is 6.92. The van der Waals surface area contributed by atoms with Crippen molar-refractivity contribution in [3.8, 4) is 0 Å². The molecule has 0 amide bonds. The van der Waals surface area contributed by atoms with Crippen LogP contribution in [0, 0.1) is 23.2 Å². The Morgan fingerprint density at radius 3 is 2.96 bits per heavy atom. The molecule has 3 saturated carbocycles. The normalized spacial score (nSPS) is 53.2. The van der Waals surface area contributed by atoms with Crippen molar-refractivity contribution >= 4 is 5.78 Å². The standard InChI is InChI=1S/C20H25NO4/c1-19(24)15-6-11-4-5-13(22)17-16(11)20(19)8-12(7-14(23)18(20)25-17)21(15)9-10-2-3-10/h4-5,10-12,15-16,18,22,24H,2-3,6-9H2,1H3/t11?,12?,15-,16?,18+,19-,20+/m1/s1. The molecule has 134 valence electrons. The van der Waals surface area contributed by atoms with Crippen LogP contribution in [0.4, 0.5) is 0 Å². The Morgan fingerprint density at radius 2 is 2.20 bits per heavy atom. The van der Waals surface area contributed by atoms with Gasteiger partial charge in [-0.25, -0.2) is 0 Å². The first-order chi connectivity index (χ1) is 11.9. The summed E-state index contributed by atoms with van der Waals surface area (Å²) in [7, 11) is 0. The van der Waals surface area contributed by atoms with Gasteiger partial charge in [0.2, 0.25) is 0 Å². The molecule has 5 fully saturated rings. The van der Waals surface area contributed by atoms with E-state index in [1.54, 1.807) is 6.08 Å². The van der Waals surface area contributed by atoms with Gasteiger partial charge in [-0.15, -0.1) is 0 Å². The third kappa shape index (κ3) is 1.56. The zero-order valence-corrected chi connectivity index (χ0v) is 14.5. The Hall–Kier alpha value is -1.33. The highest BCUT2D eigenvalue weighted by molar-refractivity contribution is 5.87. The van der Waals surface area contributed by atoms with Crippen molar-refractivity contribution in [3.63, 3.8) is 0 Å². The van der Waals surface area contributed by atoms with Crippen LogP contribution in [0.15, 0.2) is 23.7 Å². The molecule has 0 aromatic carbocycles. The number of carbonyl (C=O) groups excluding carboxylic acids is 1. The number of ether oxygens (including phenoxy) is 1. The highest BCUT2D eigenvalue weighted by Gasteiger charge is 2.77. The number of ketones is 1. The second-order valence-corrected chi connectivity index (χ2v) is 9.36. The summed E-state index contributed by atoms with van der Waals surface area (Å²) in [5, 5.41) is 22.2. The molecule has 6 rings (SSSR count). The average molecular weight is 343 g/mol. The Balaban J connectivity index is 1.55. The highest BCUT2D eigenvalue weighted by atomic mass is 16.5. The molecule has 2 aliphatic heterocycles. The van der Waals surface area contributed by atoms with Crippen molar-refractivity contribution in [2.24, 2.45) is 23.2 Å². The van der Waals surface area contributed by atoms with Gasteiger partial charge in [-0.05, 0) is 50.5 Å². The highest BCUT2D eigenvalue weighted by Crippen LogP contribution is 2.69. The van der Waals surface area contributed by atoms with Crippen LogP contribution in [0.25, 0.3) is 0 Å². The minimum atomic E-state index is -0.979. The molecule has 3 bridgehead atoms. The number of rotatable bonds is 2. The number of piperidine rings is 1. The summed E-state index contributed by atoms with van der Waals surface area (Å²) in [5.74, 6) is 1.70. The lowest BCUT2D eigenvalue weighted by molar-refractivity contribution is -0.246. The predicted octanol–water partition coefficient (Wildman–Crippen LogP) is 1.92. The van der Waals surface area contributed by atoms with Gasteiger partial charge < -0.3 is 14.9 Å². The molecular weight excluding hydrogens is 318 g/mol. The topological polar surface area (TPSA) is 70.0 Å². The van der Waals surface area contributed by atoms with Crippen molar-refractivity contribution in [2.75, 3.05) is 6.54 Å². The van der Waals surface area contributed by atoms with Crippen LogP contribution in [0.1, 0.15) is 39.0 Å². The first-order valence-corrected chi connectivity index (χ1v) is 9.72. The Bertz CT molecular complexity index is 736. The van der Waals surface area contributed by atoms with E-state index in [2.05, 4.69) is 11.0 Å². The summed E-state index contributed by atoms with van der Waals surface area (Å²) in [6.07, 6.45) is 7.94. The van der Waals surface area contributed by atoms with Gasteiger partial charge in [0.05, 0.1) is 11.0 Å². The number of carbonyl (C=O) groups is 1. The van der Waals surface area contributed by atoms with E-state index in [4.69, 9.17) is 4.74 Å². The Labute approximate surface area is 147 Å². The van der Waals surface area contributed by atoms with Gasteiger partial charge in [-0.3, -0.25) is 9.69 Å². The molecule has 0 aromatic rings. The van der Waals surface area contributed by atoms with Crippen molar-refractivity contribution in [2.45, 2.75) is 62.8 Å². The van der Waals surface area contributed by atoms with Crippen LogP contribution in [0.5, 0.6) is 0 Å². The Morgan fingerprint density at radius 1 is 1.40 bits per heavy atom. The number of allylic oxidation sites excluding steroid dienone is 3. The molecule has 1 spiro atoms. The molecule has 0 aromatic heterocycles. The first-order valence-electron chi connectivity index (χ1n) is 9.72. The molecule has 0 radical (unpaired) electrons. The van der Waals surface area contributed by atoms with Crippen LogP contribution in [0.2, 0.25) is 0 Å². The molecule has 2 heterocycles. The number of aliphatic hydroxyl groups excluding tert-OH is 1. The van der Waals surface area contributed by atoms with Crippen molar-refractivity contribution in [3.05, 3.63) is 23.7 Å². The lowest BCUT2D eigenvalue weighted by atomic mass is 9.44. The lowest BCUT2D eigenvalue weighted by Gasteiger charge is -2.67. The smallest absolute Gasteiger partial charge is 0.175 e. The van der Waals surface area contributed by atoms with E-state index >= 15 is 0 Å². The zero-order valence-electron chi connectivity index (χ0n) is 14.5. The lowest BCUT2D eigenvalue weighted by Crippen LogP contribution is -2.78. The van der Waals surface area contributed by atoms with E-state index in [1.807, 2.05) is 6.92 Å². The largest absolute Gasteiger partial charge is 0.504 e. The summed E-state index contributed by atoms with van der Waals surface area (Å²) in [6.45, 7) is 2.94. The molecule has 4 aliphatic carbocycles. The third-order valence-corrected chi connectivity index (χ3v) is 8.16. The van der Waals surface area contributed by atoms with E-state index in [0.29, 0.717) is 12.2 Å². The molecule has 7 atom stereocenters. The van der Waals surface area contributed by atoms with E-state index in [0.717, 1.165) is 25.3 Å². The molecule has 2 N–H and O–H groups in total. The minimum absolute atomic E-state index is 0.0661. The maximum absolute atomic E-state index is 13.0.